The lowest BCUT2D eigenvalue weighted by Gasteiger charge is -2.39. The number of ether oxygens (including phenoxy) is 2. The topological polar surface area (TPSA) is 79.4 Å². The third-order valence-corrected chi connectivity index (χ3v) is 6.86. The van der Waals surface area contributed by atoms with Gasteiger partial charge in [0.15, 0.2) is 6.10 Å². The van der Waals surface area contributed by atoms with Gasteiger partial charge in [-0.1, -0.05) is 12.1 Å². The number of piperidine rings is 1. The van der Waals surface area contributed by atoms with Crippen LogP contribution in [0.4, 0.5) is 10.1 Å². The number of benzene rings is 2. The maximum atomic E-state index is 13.6. The SMILES string of the molecule is O=C(c1ccc(F)cc1)N1CCC(C(=O)N2CC(C(=O)N3CCOCC3)Oc3ccccc32)CC1. The third kappa shape index (κ3) is 4.86. The highest BCUT2D eigenvalue weighted by atomic mass is 19.1. The first-order chi connectivity index (χ1) is 17.0. The van der Waals surface area contributed by atoms with Crippen LogP contribution in [0.1, 0.15) is 23.2 Å². The lowest BCUT2D eigenvalue weighted by atomic mass is 9.94. The van der Waals surface area contributed by atoms with Crippen LogP contribution >= 0.6 is 0 Å². The predicted molar refractivity (Wildman–Crippen MR) is 126 cm³/mol. The zero-order valence-corrected chi connectivity index (χ0v) is 19.4. The zero-order chi connectivity index (χ0) is 24.4. The molecule has 2 aromatic carbocycles. The highest BCUT2D eigenvalue weighted by Crippen LogP contribution is 2.35. The summed E-state index contributed by atoms with van der Waals surface area (Å²) in [5, 5.41) is 0. The van der Waals surface area contributed by atoms with E-state index in [4.69, 9.17) is 9.47 Å². The van der Waals surface area contributed by atoms with E-state index in [-0.39, 0.29) is 36.0 Å². The Balaban J connectivity index is 1.27. The summed E-state index contributed by atoms with van der Waals surface area (Å²) in [7, 11) is 0. The van der Waals surface area contributed by atoms with Crippen molar-refractivity contribution >= 4 is 23.4 Å². The van der Waals surface area contributed by atoms with Gasteiger partial charge in [0.05, 0.1) is 25.4 Å². The first-order valence-electron chi connectivity index (χ1n) is 12.0. The molecule has 1 atom stereocenters. The number of carbonyl (C=O) groups excluding carboxylic acids is 3. The van der Waals surface area contributed by atoms with Gasteiger partial charge in [-0.15, -0.1) is 0 Å². The Morgan fingerprint density at radius 1 is 0.829 bits per heavy atom. The normalized spacial score (nSPS) is 20.7. The van der Waals surface area contributed by atoms with Gasteiger partial charge in [0, 0.05) is 37.7 Å². The van der Waals surface area contributed by atoms with Crippen molar-refractivity contribution in [1.82, 2.24) is 9.80 Å². The first-order valence-corrected chi connectivity index (χ1v) is 12.0. The number of hydrogen-bond donors (Lipinski definition) is 0. The molecule has 1 unspecified atom stereocenters. The standard InChI is InChI=1S/C26H28FN3O5/c27-20-7-5-18(6-8-20)24(31)28-11-9-19(10-12-28)25(32)30-17-23(26(33)29-13-15-34-16-14-29)35-22-4-2-1-3-21(22)30/h1-8,19,23H,9-17H2. The van der Waals surface area contributed by atoms with E-state index in [0.29, 0.717) is 69.2 Å². The number of fused-ring (bicyclic) bond motifs is 1. The van der Waals surface area contributed by atoms with Crippen molar-refractivity contribution in [1.29, 1.82) is 0 Å². The maximum absolute atomic E-state index is 13.6. The Morgan fingerprint density at radius 3 is 2.23 bits per heavy atom. The van der Waals surface area contributed by atoms with Crippen molar-refractivity contribution < 1.29 is 28.2 Å². The van der Waals surface area contributed by atoms with E-state index >= 15 is 0 Å². The van der Waals surface area contributed by atoms with Crippen LogP contribution in [0, 0.1) is 11.7 Å². The Hall–Kier alpha value is -3.46. The number of likely N-dealkylation sites (tertiary alicyclic amines) is 1. The number of carbonyl (C=O) groups is 3. The highest BCUT2D eigenvalue weighted by Gasteiger charge is 2.39. The molecule has 9 heteroatoms. The van der Waals surface area contributed by atoms with Crippen molar-refractivity contribution in [3.05, 3.63) is 59.9 Å². The summed E-state index contributed by atoms with van der Waals surface area (Å²) in [6.45, 7) is 3.04. The molecule has 2 saturated heterocycles. The molecule has 0 radical (unpaired) electrons. The smallest absolute Gasteiger partial charge is 0.265 e. The molecule has 3 aliphatic heterocycles. The quantitative estimate of drug-likeness (QED) is 0.673. The van der Waals surface area contributed by atoms with E-state index in [9.17, 15) is 18.8 Å². The van der Waals surface area contributed by atoms with Crippen molar-refractivity contribution in [2.75, 3.05) is 50.8 Å². The average molecular weight is 482 g/mol. The molecule has 0 saturated carbocycles. The van der Waals surface area contributed by atoms with Crippen molar-refractivity contribution in [3.63, 3.8) is 0 Å². The largest absolute Gasteiger partial charge is 0.476 e. The fraction of sp³-hybridized carbons (Fsp3) is 0.423. The molecule has 2 aromatic rings. The average Bonchev–Trinajstić information content (AvgIpc) is 2.92. The van der Waals surface area contributed by atoms with Gasteiger partial charge in [0.25, 0.3) is 11.8 Å². The number of amides is 3. The Morgan fingerprint density at radius 2 is 1.51 bits per heavy atom. The summed E-state index contributed by atoms with van der Waals surface area (Å²) < 4.78 is 24.6. The van der Waals surface area contributed by atoms with E-state index in [0.717, 1.165) is 0 Å². The second-order valence-corrected chi connectivity index (χ2v) is 9.03. The molecule has 2 fully saturated rings. The van der Waals surface area contributed by atoms with Crippen LogP contribution in [0.25, 0.3) is 0 Å². The van der Waals surface area contributed by atoms with Gasteiger partial charge in [0.2, 0.25) is 5.91 Å². The number of anilines is 1. The van der Waals surface area contributed by atoms with E-state index in [1.54, 1.807) is 20.8 Å². The summed E-state index contributed by atoms with van der Waals surface area (Å²) >= 11 is 0. The van der Waals surface area contributed by atoms with Crippen LogP contribution in [0.15, 0.2) is 48.5 Å². The number of hydrogen-bond acceptors (Lipinski definition) is 5. The minimum atomic E-state index is -0.771. The van der Waals surface area contributed by atoms with Gasteiger partial charge in [0.1, 0.15) is 11.6 Å². The highest BCUT2D eigenvalue weighted by molar-refractivity contribution is 5.99. The minimum Gasteiger partial charge on any atom is -0.476 e. The Labute approximate surface area is 203 Å². The molecule has 35 heavy (non-hydrogen) atoms. The fourth-order valence-electron chi connectivity index (χ4n) is 4.88. The molecular formula is C26H28FN3O5. The van der Waals surface area contributed by atoms with Crippen LogP contribution in [-0.4, -0.2) is 79.6 Å². The molecular weight excluding hydrogens is 453 g/mol. The number of halogens is 1. The molecule has 3 heterocycles. The van der Waals surface area contributed by atoms with Crippen molar-refractivity contribution in [2.24, 2.45) is 5.92 Å². The first kappa shape index (κ1) is 23.3. The molecule has 0 N–H and O–H groups in total. The molecule has 184 valence electrons. The molecule has 0 spiro atoms. The van der Waals surface area contributed by atoms with Gasteiger partial charge in [-0.25, -0.2) is 4.39 Å². The van der Waals surface area contributed by atoms with E-state index in [1.807, 2.05) is 18.2 Å². The summed E-state index contributed by atoms with van der Waals surface area (Å²) in [4.78, 5) is 44.6. The van der Waals surface area contributed by atoms with Gasteiger partial charge >= 0.3 is 0 Å². The molecule has 3 aliphatic rings. The third-order valence-electron chi connectivity index (χ3n) is 6.86. The number of para-hydroxylation sites is 2. The summed E-state index contributed by atoms with van der Waals surface area (Å²) in [6, 6.07) is 12.8. The van der Waals surface area contributed by atoms with Crippen LogP contribution in [-0.2, 0) is 14.3 Å². The van der Waals surface area contributed by atoms with Crippen LogP contribution in [0.3, 0.4) is 0 Å². The second kappa shape index (κ2) is 10.0. The number of rotatable bonds is 3. The molecule has 0 aliphatic carbocycles. The van der Waals surface area contributed by atoms with Crippen molar-refractivity contribution in [2.45, 2.75) is 18.9 Å². The fourth-order valence-corrected chi connectivity index (χ4v) is 4.88. The molecule has 3 amide bonds. The zero-order valence-electron chi connectivity index (χ0n) is 19.4. The lowest BCUT2D eigenvalue weighted by Crippen LogP contribution is -2.55. The predicted octanol–water partition coefficient (Wildman–Crippen LogP) is 2.33. The lowest BCUT2D eigenvalue weighted by molar-refractivity contribution is -0.143. The van der Waals surface area contributed by atoms with Gasteiger partial charge < -0.3 is 24.2 Å². The van der Waals surface area contributed by atoms with Gasteiger partial charge in [-0.3, -0.25) is 14.4 Å². The summed E-state index contributed by atoms with van der Waals surface area (Å²) in [5.41, 5.74) is 1.09. The second-order valence-electron chi connectivity index (χ2n) is 9.03. The molecule has 5 rings (SSSR count). The van der Waals surface area contributed by atoms with E-state index in [1.165, 1.54) is 24.3 Å². The van der Waals surface area contributed by atoms with Crippen LogP contribution in [0.2, 0.25) is 0 Å². The Kier molecular flexibility index (Phi) is 6.68. The molecule has 0 bridgehead atoms. The number of nitrogens with zero attached hydrogens (tertiary/aromatic N) is 3. The summed E-state index contributed by atoms with van der Waals surface area (Å²) in [5.74, 6) is -0.499. The summed E-state index contributed by atoms with van der Waals surface area (Å²) in [6.07, 6.45) is 0.271. The van der Waals surface area contributed by atoms with Gasteiger partial charge in [-0.05, 0) is 49.2 Å². The monoisotopic (exact) mass is 481 g/mol. The molecule has 8 nitrogen and oxygen atoms in total. The number of morpholine rings is 1. The van der Waals surface area contributed by atoms with Crippen LogP contribution in [0.5, 0.6) is 5.75 Å². The van der Waals surface area contributed by atoms with Gasteiger partial charge in [-0.2, -0.15) is 0 Å². The van der Waals surface area contributed by atoms with Crippen LogP contribution < -0.4 is 9.64 Å². The van der Waals surface area contributed by atoms with Crippen molar-refractivity contribution in [3.8, 4) is 5.75 Å². The van der Waals surface area contributed by atoms with E-state index < -0.39 is 6.10 Å². The van der Waals surface area contributed by atoms with E-state index in [2.05, 4.69) is 0 Å². The minimum absolute atomic E-state index is 0.0607. The Bertz CT molecular complexity index is 1090. The maximum Gasteiger partial charge on any atom is 0.265 e. The molecule has 0 aromatic heterocycles.